The van der Waals surface area contributed by atoms with E-state index in [9.17, 15) is 14.4 Å². The summed E-state index contributed by atoms with van der Waals surface area (Å²) >= 11 is 0. The highest BCUT2D eigenvalue weighted by molar-refractivity contribution is 6.01. The van der Waals surface area contributed by atoms with Crippen molar-refractivity contribution >= 4 is 39.6 Å². The van der Waals surface area contributed by atoms with Crippen molar-refractivity contribution in [1.29, 1.82) is 0 Å². The largest absolute Gasteiger partial charge is 0.454 e. The first-order chi connectivity index (χ1) is 14.5. The van der Waals surface area contributed by atoms with E-state index in [1.807, 2.05) is 31.2 Å². The molecule has 1 N–H and O–H groups in total. The first kappa shape index (κ1) is 19.4. The first-order valence-corrected chi connectivity index (χ1v) is 9.46. The Morgan fingerprint density at radius 2 is 2.00 bits per heavy atom. The zero-order valence-corrected chi connectivity index (χ0v) is 16.3. The van der Waals surface area contributed by atoms with Crippen molar-refractivity contribution in [2.24, 2.45) is 0 Å². The molecular formula is C22H19N3O5. The Kier molecular flexibility index (Phi) is 5.30. The van der Waals surface area contributed by atoms with Crippen molar-refractivity contribution in [2.45, 2.75) is 19.9 Å². The molecule has 1 amide bonds. The molecule has 0 unspecified atom stereocenters. The minimum absolute atomic E-state index is 0.0695. The molecule has 30 heavy (non-hydrogen) atoms. The van der Waals surface area contributed by atoms with Crippen molar-refractivity contribution < 1.29 is 18.7 Å². The summed E-state index contributed by atoms with van der Waals surface area (Å²) in [6.07, 6.45) is 2.11. The summed E-state index contributed by atoms with van der Waals surface area (Å²) in [7, 11) is 0. The van der Waals surface area contributed by atoms with Crippen LogP contribution in [0.2, 0.25) is 0 Å². The molecule has 0 bridgehead atoms. The number of fused-ring (bicyclic) bond motifs is 3. The van der Waals surface area contributed by atoms with Gasteiger partial charge in [-0.25, -0.2) is 4.98 Å². The average molecular weight is 405 g/mol. The minimum Gasteiger partial charge on any atom is -0.454 e. The summed E-state index contributed by atoms with van der Waals surface area (Å²) in [5.74, 6) is -1.19. The lowest BCUT2D eigenvalue weighted by Crippen LogP contribution is -2.27. The molecule has 2 aromatic carbocycles. The molecule has 8 nitrogen and oxygen atoms in total. The molecular weight excluding hydrogens is 386 g/mol. The fourth-order valence-corrected chi connectivity index (χ4v) is 3.12. The van der Waals surface area contributed by atoms with Gasteiger partial charge in [-0.05, 0) is 36.2 Å². The first-order valence-electron chi connectivity index (χ1n) is 9.46. The van der Waals surface area contributed by atoms with Crippen LogP contribution in [0, 0.1) is 0 Å². The van der Waals surface area contributed by atoms with Crippen LogP contribution in [0.3, 0.4) is 0 Å². The van der Waals surface area contributed by atoms with Crippen molar-refractivity contribution in [1.82, 2.24) is 9.55 Å². The molecule has 0 saturated heterocycles. The van der Waals surface area contributed by atoms with Gasteiger partial charge in [0.25, 0.3) is 11.5 Å². The SMILES string of the molecule is CCc1cccc(NC(=O)COC(=O)Cn2cnc3c(oc4ccccc43)c2=O)c1. The number of carbonyl (C=O) groups excluding carboxylic acids is 2. The number of benzene rings is 2. The second-order valence-corrected chi connectivity index (χ2v) is 6.72. The maximum Gasteiger partial charge on any atom is 0.326 e. The van der Waals surface area contributed by atoms with Gasteiger partial charge in [-0.2, -0.15) is 0 Å². The van der Waals surface area contributed by atoms with E-state index in [1.165, 1.54) is 6.33 Å². The number of nitrogens with zero attached hydrogens (tertiary/aromatic N) is 2. The number of hydrogen-bond donors (Lipinski definition) is 1. The number of ether oxygens (including phenoxy) is 1. The Bertz CT molecular complexity index is 1310. The minimum atomic E-state index is -0.730. The third-order valence-corrected chi connectivity index (χ3v) is 4.63. The highest BCUT2D eigenvalue weighted by atomic mass is 16.5. The fraction of sp³-hybridized carbons (Fsp3) is 0.182. The Morgan fingerprint density at radius 1 is 1.17 bits per heavy atom. The van der Waals surface area contributed by atoms with Gasteiger partial charge in [0.15, 0.2) is 6.61 Å². The molecule has 0 aliphatic heterocycles. The highest BCUT2D eigenvalue weighted by Crippen LogP contribution is 2.24. The van der Waals surface area contributed by atoms with Crippen LogP contribution in [0.15, 0.2) is 64.1 Å². The molecule has 4 aromatic rings. The van der Waals surface area contributed by atoms with E-state index in [4.69, 9.17) is 9.15 Å². The van der Waals surface area contributed by atoms with Crippen molar-refractivity contribution in [3.8, 4) is 0 Å². The van der Waals surface area contributed by atoms with Gasteiger partial charge in [0.2, 0.25) is 5.58 Å². The lowest BCUT2D eigenvalue weighted by molar-refractivity contribution is -0.147. The second-order valence-electron chi connectivity index (χ2n) is 6.72. The highest BCUT2D eigenvalue weighted by Gasteiger charge is 2.15. The Labute approximate surface area is 171 Å². The molecule has 0 radical (unpaired) electrons. The Balaban J connectivity index is 1.40. The molecule has 2 aromatic heterocycles. The standard InChI is InChI=1S/C22H19N3O5/c1-2-14-6-5-7-15(10-14)24-18(26)12-29-19(27)11-25-13-23-20-16-8-3-4-9-17(16)30-21(20)22(25)28/h3-10,13H,2,11-12H2,1H3,(H,24,26). The third-order valence-electron chi connectivity index (χ3n) is 4.63. The molecule has 2 heterocycles. The van der Waals surface area contributed by atoms with E-state index in [0.29, 0.717) is 16.8 Å². The second kappa shape index (κ2) is 8.20. The van der Waals surface area contributed by atoms with Crippen LogP contribution >= 0.6 is 0 Å². The summed E-state index contributed by atoms with van der Waals surface area (Å²) in [5, 5.41) is 3.40. The van der Waals surface area contributed by atoms with Crippen molar-refractivity contribution in [2.75, 3.05) is 11.9 Å². The summed E-state index contributed by atoms with van der Waals surface area (Å²) in [4.78, 5) is 41.0. The predicted molar refractivity (Wildman–Crippen MR) is 111 cm³/mol. The van der Waals surface area contributed by atoms with Crippen LogP contribution in [0.4, 0.5) is 5.69 Å². The van der Waals surface area contributed by atoms with Crippen LogP contribution in [-0.4, -0.2) is 28.0 Å². The molecule has 4 rings (SSSR count). The summed E-state index contributed by atoms with van der Waals surface area (Å²) < 4.78 is 11.7. The average Bonchev–Trinajstić information content (AvgIpc) is 3.14. The van der Waals surface area contributed by atoms with E-state index in [2.05, 4.69) is 10.3 Å². The zero-order valence-electron chi connectivity index (χ0n) is 16.3. The number of rotatable bonds is 6. The number of hydrogen-bond acceptors (Lipinski definition) is 6. The predicted octanol–water partition coefficient (Wildman–Crippen LogP) is 2.89. The number of nitrogens with one attached hydrogen (secondary N) is 1. The van der Waals surface area contributed by atoms with Crippen LogP contribution in [-0.2, 0) is 27.3 Å². The van der Waals surface area contributed by atoms with E-state index >= 15 is 0 Å². The van der Waals surface area contributed by atoms with Gasteiger partial charge in [0.05, 0.1) is 6.33 Å². The molecule has 0 aliphatic rings. The quantitative estimate of drug-likeness (QED) is 0.495. The normalized spacial score (nSPS) is 11.0. The van der Waals surface area contributed by atoms with E-state index in [1.54, 1.807) is 24.3 Å². The topological polar surface area (TPSA) is 103 Å². The van der Waals surface area contributed by atoms with E-state index in [0.717, 1.165) is 21.9 Å². The summed E-state index contributed by atoms with van der Waals surface area (Å²) in [6.45, 7) is 1.18. The number of carbonyl (C=O) groups is 2. The molecule has 0 atom stereocenters. The summed E-state index contributed by atoms with van der Waals surface area (Å²) in [6, 6.07) is 14.6. The number of amides is 1. The van der Waals surface area contributed by atoms with Gasteiger partial charge >= 0.3 is 5.97 Å². The molecule has 0 aliphatic carbocycles. The smallest absolute Gasteiger partial charge is 0.326 e. The summed E-state index contributed by atoms with van der Waals surface area (Å²) in [5.41, 5.74) is 2.27. The number of esters is 1. The van der Waals surface area contributed by atoms with E-state index in [-0.39, 0.29) is 12.1 Å². The van der Waals surface area contributed by atoms with Gasteiger partial charge in [0.1, 0.15) is 17.6 Å². The maximum absolute atomic E-state index is 12.6. The fourth-order valence-electron chi connectivity index (χ4n) is 3.12. The Hall–Kier alpha value is -3.94. The molecule has 0 saturated carbocycles. The van der Waals surface area contributed by atoms with Crippen molar-refractivity contribution in [3.63, 3.8) is 0 Å². The van der Waals surface area contributed by atoms with Crippen LogP contribution < -0.4 is 10.9 Å². The molecule has 152 valence electrons. The van der Waals surface area contributed by atoms with Crippen LogP contribution in [0.5, 0.6) is 0 Å². The molecule has 0 fully saturated rings. The van der Waals surface area contributed by atoms with Crippen LogP contribution in [0.25, 0.3) is 22.1 Å². The number of furan rings is 1. The van der Waals surface area contributed by atoms with Gasteiger partial charge in [-0.1, -0.05) is 31.2 Å². The Morgan fingerprint density at radius 3 is 2.83 bits per heavy atom. The van der Waals surface area contributed by atoms with E-state index < -0.39 is 24.0 Å². The maximum atomic E-state index is 12.6. The number of anilines is 1. The number of aromatic nitrogens is 2. The third kappa shape index (κ3) is 3.93. The van der Waals surface area contributed by atoms with Gasteiger partial charge < -0.3 is 14.5 Å². The molecule has 0 spiro atoms. The van der Waals surface area contributed by atoms with Gasteiger partial charge in [-0.3, -0.25) is 19.0 Å². The number of para-hydroxylation sites is 1. The zero-order chi connectivity index (χ0) is 21.1. The van der Waals surface area contributed by atoms with Gasteiger partial charge in [-0.15, -0.1) is 0 Å². The monoisotopic (exact) mass is 405 g/mol. The van der Waals surface area contributed by atoms with Crippen LogP contribution in [0.1, 0.15) is 12.5 Å². The van der Waals surface area contributed by atoms with Gasteiger partial charge in [0, 0.05) is 11.1 Å². The number of aryl methyl sites for hydroxylation is 1. The van der Waals surface area contributed by atoms with Crippen molar-refractivity contribution in [3.05, 3.63) is 70.8 Å². The molecule has 8 heteroatoms. The lowest BCUT2D eigenvalue weighted by atomic mass is 10.1. The lowest BCUT2D eigenvalue weighted by Gasteiger charge is -2.08.